The number of ether oxygens (including phenoxy) is 1. The molecule has 0 saturated carbocycles. The van der Waals surface area contributed by atoms with Crippen LogP contribution in [0.15, 0.2) is 18.2 Å². The Morgan fingerprint density at radius 1 is 1.53 bits per heavy atom. The van der Waals surface area contributed by atoms with E-state index in [-0.39, 0.29) is 6.10 Å². The Morgan fingerprint density at radius 2 is 2.32 bits per heavy atom. The first kappa shape index (κ1) is 14.0. The SMILES string of the molecule is Cc1ccc(C)c(C(O)CN2CCOC(C#N)C2)c1. The molecule has 0 amide bonds. The van der Waals surface area contributed by atoms with Crippen LogP contribution in [0.4, 0.5) is 0 Å². The number of hydrogen-bond donors (Lipinski definition) is 1. The number of aliphatic hydroxyl groups excluding tert-OH is 1. The highest BCUT2D eigenvalue weighted by molar-refractivity contribution is 5.32. The van der Waals surface area contributed by atoms with Crippen LogP contribution in [0.25, 0.3) is 0 Å². The van der Waals surface area contributed by atoms with Crippen molar-refractivity contribution in [1.29, 1.82) is 5.26 Å². The minimum absolute atomic E-state index is 0.375. The van der Waals surface area contributed by atoms with Crippen LogP contribution in [0.5, 0.6) is 0 Å². The summed E-state index contributed by atoms with van der Waals surface area (Å²) in [6, 6.07) is 8.23. The molecule has 4 heteroatoms. The van der Waals surface area contributed by atoms with E-state index in [0.29, 0.717) is 19.7 Å². The molecule has 1 aromatic rings. The van der Waals surface area contributed by atoms with E-state index in [4.69, 9.17) is 10.00 Å². The van der Waals surface area contributed by atoms with Crippen molar-refractivity contribution >= 4 is 0 Å². The minimum Gasteiger partial charge on any atom is -0.387 e. The van der Waals surface area contributed by atoms with Gasteiger partial charge in [-0.25, -0.2) is 0 Å². The zero-order chi connectivity index (χ0) is 13.8. The van der Waals surface area contributed by atoms with E-state index in [2.05, 4.69) is 11.0 Å². The number of β-amino-alcohol motifs (C(OH)–C–C–N with tert-alkyl or cyclic N) is 1. The molecular formula is C15H20N2O2. The number of nitriles is 1. The third-order valence-corrected chi connectivity index (χ3v) is 3.52. The predicted molar refractivity (Wildman–Crippen MR) is 72.7 cm³/mol. The average molecular weight is 260 g/mol. The van der Waals surface area contributed by atoms with Gasteiger partial charge >= 0.3 is 0 Å². The Bertz CT molecular complexity index is 482. The molecule has 102 valence electrons. The Kier molecular flexibility index (Phi) is 4.54. The molecule has 1 aliphatic rings. The predicted octanol–water partition coefficient (Wildman–Crippen LogP) is 1.56. The van der Waals surface area contributed by atoms with Crippen LogP contribution < -0.4 is 0 Å². The zero-order valence-corrected chi connectivity index (χ0v) is 11.5. The van der Waals surface area contributed by atoms with Crippen molar-refractivity contribution in [2.75, 3.05) is 26.2 Å². The maximum Gasteiger partial charge on any atom is 0.156 e. The van der Waals surface area contributed by atoms with Crippen molar-refractivity contribution in [1.82, 2.24) is 4.90 Å². The maximum atomic E-state index is 10.4. The lowest BCUT2D eigenvalue weighted by molar-refractivity contribution is -0.0160. The van der Waals surface area contributed by atoms with Crippen LogP contribution in [-0.4, -0.2) is 42.4 Å². The van der Waals surface area contributed by atoms with E-state index in [1.54, 1.807) is 0 Å². The lowest BCUT2D eigenvalue weighted by Gasteiger charge is -2.31. The van der Waals surface area contributed by atoms with Gasteiger partial charge in [-0.2, -0.15) is 5.26 Å². The summed E-state index contributed by atoms with van der Waals surface area (Å²) in [5, 5.41) is 19.2. The molecule has 2 unspecified atom stereocenters. The van der Waals surface area contributed by atoms with Gasteiger partial charge in [0.2, 0.25) is 0 Å². The largest absolute Gasteiger partial charge is 0.387 e. The van der Waals surface area contributed by atoms with Crippen LogP contribution >= 0.6 is 0 Å². The quantitative estimate of drug-likeness (QED) is 0.896. The molecule has 2 rings (SSSR count). The summed E-state index contributed by atoms with van der Waals surface area (Å²) < 4.78 is 5.30. The first-order valence-electron chi connectivity index (χ1n) is 6.59. The van der Waals surface area contributed by atoms with Gasteiger partial charge in [0.15, 0.2) is 6.10 Å². The number of hydrogen-bond acceptors (Lipinski definition) is 4. The smallest absolute Gasteiger partial charge is 0.156 e. The molecule has 0 aliphatic carbocycles. The molecule has 4 nitrogen and oxygen atoms in total. The molecule has 1 fully saturated rings. The lowest BCUT2D eigenvalue weighted by Crippen LogP contribution is -2.43. The highest BCUT2D eigenvalue weighted by Gasteiger charge is 2.23. The Labute approximate surface area is 114 Å². The van der Waals surface area contributed by atoms with Crippen molar-refractivity contribution in [3.05, 3.63) is 34.9 Å². The van der Waals surface area contributed by atoms with E-state index >= 15 is 0 Å². The van der Waals surface area contributed by atoms with Gasteiger partial charge in [0, 0.05) is 19.6 Å². The summed E-state index contributed by atoms with van der Waals surface area (Å²) in [6.45, 7) is 6.47. The van der Waals surface area contributed by atoms with Gasteiger partial charge in [-0.3, -0.25) is 4.90 Å². The van der Waals surface area contributed by atoms with Gasteiger partial charge in [-0.1, -0.05) is 23.8 Å². The average Bonchev–Trinajstić information content (AvgIpc) is 2.41. The molecule has 0 radical (unpaired) electrons. The van der Waals surface area contributed by atoms with E-state index in [0.717, 1.165) is 23.2 Å². The van der Waals surface area contributed by atoms with Crippen molar-refractivity contribution < 1.29 is 9.84 Å². The molecule has 1 aliphatic heterocycles. The van der Waals surface area contributed by atoms with E-state index < -0.39 is 6.10 Å². The molecule has 0 spiro atoms. The summed E-state index contributed by atoms with van der Waals surface area (Å²) in [6.07, 6.45) is -0.892. The Balaban J connectivity index is 2.02. The second-order valence-corrected chi connectivity index (χ2v) is 5.12. The number of nitrogens with zero attached hydrogens (tertiary/aromatic N) is 2. The van der Waals surface area contributed by atoms with Crippen LogP contribution in [0, 0.1) is 25.2 Å². The molecular weight excluding hydrogens is 240 g/mol. The fourth-order valence-corrected chi connectivity index (χ4v) is 2.41. The zero-order valence-electron chi connectivity index (χ0n) is 11.5. The molecule has 0 bridgehead atoms. The summed E-state index contributed by atoms with van der Waals surface area (Å²) >= 11 is 0. The van der Waals surface area contributed by atoms with Crippen LogP contribution in [0.2, 0.25) is 0 Å². The highest BCUT2D eigenvalue weighted by Crippen LogP contribution is 2.21. The summed E-state index contributed by atoms with van der Waals surface area (Å²) in [5.41, 5.74) is 3.22. The topological polar surface area (TPSA) is 56.5 Å². The van der Waals surface area contributed by atoms with Crippen LogP contribution in [-0.2, 0) is 4.74 Å². The molecule has 2 atom stereocenters. The summed E-state index contributed by atoms with van der Waals surface area (Å²) in [4.78, 5) is 2.09. The first-order valence-corrected chi connectivity index (χ1v) is 6.59. The van der Waals surface area contributed by atoms with Crippen LogP contribution in [0.3, 0.4) is 0 Å². The van der Waals surface area contributed by atoms with Crippen LogP contribution in [0.1, 0.15) is 22.8 Å². The first-order chi connectivity index (χ1) is 9.10. The third kappa shape index (κ3) is 3.54. The normalized spacial score (nSPS) is 21.9. The van der Waals surface area contributed by atoms with Crippen molar-refractivity contribution in [3.8, 4) is 6.07 Å². The lowest BCUT2D eigenvalue weighted by atomic mass is 10.0. The van der Waals surface area contributed by atoms with Gasteiger partial charge < -0.3 is 9.84 Å². The number of rotatable bonds is 3. The van der Waals surface area contributed by atoms with E-state index in [1.165, 1.54) is 0 Å². The molecule has 1 aromatic carbocycles. The molecule has 1 N–H and O–H groups in total. The highest BCUT2D eigenvalue weighted by atomic mass is 16.5. The second kappa shape index (κ2) is 6.16. The maximum absolute atomic E-state index is 10.4. The second-order valence-electron chi connectivity index (χ2n) is 5.12. The molecule has 0 aromatic heterocycles. The minimum atomic E-state index is -0.516. The third-order valence-electron chi connectivity index (χ3n) is 3.52. The number of benzene rings is 1. The Morgan fingerprint density at radius 3 is 3.05 bits per heavy atom. The number of morpholine rings is 1. The van der Waals surface area contributed by atoms with Gasteiger partial charge in [0.1, 0.15) is 0 Å². The van der Waals surface area contributed by atoms with Gasteiger partial charge in [0.25, 0.3) is 0 Å². The monoisotopic (exact) mass is 260 g/mol. The number of aliphatic hydroxyl groups is 1. The summed E-state index contributed by atoms with van der Waals surface area (Å²) in [7, 11) is 0. The molecule has 1 heterocycles. The summed E-state index contributed by atoms with van der Waals surface area (Å²) in [5.74, 6) is 0. The van der Waals surface area contributed by atoms with Gasteiger partial charge in [-0.15, -0.1) is 0 Å². The van der Waals surface area contributed by atoms with Crippen molar-refractivity contribution in [3.63, 3.8) is 0 Å². The molecule has 1 saturated heterocycles. The standard InChI is InChI=1S/C15H20N2O2/c1-11-3-4-12(2)14(7-11)15(18)10-17-5-6-19-13(8-16)9-17/h3-4,7,13,15,18H,5-6,9-10H2,1-2H3. The molecule has 19 heavy (non-hydrogen) atoms. The fraction of sp³-hybridized carbons (Fsp3) is 0.533. The van der Waals surface area contributed by atoms with Crippen molar-refractivity contribution in [2.45, 2.75) is 26.1 Å². The number of aryl methyl sites for hydroxylation is 2. The Hall–Kier alpha value is -1.41. The van der Waals surface area contributed by atoms with Gasteiger partial charge in [0.05, 0.1) is 18.8 Å². The fourth-order valence-electron chi connectivity index (χ4n) is 2.41. The van der Waals surface area contributed by atoms with E-state index in [9.17, 15) is 5.11 Å². The van der Waals surface area contributed by atoms with Crippen molar-refractivity contribution in [2.24, 2.45) is 0 Å². The van der Waals surface area contributed by atoms with Gasteiger partial charge in [-0.05, 0) is 25.0 Å². The van der Waals surface area contributed by atoms with E-state index in [1.807, 2.05) is 32.0 Å².